The average molecular weight is 425 g/mol. The van der Waals surface area contributed by atoms with Gasteiger partial charge in [0.05, 0.1) is 12.8 Å². The molecule has 5 rings (SSSR count). The summed E-state index contributed by atoms with van der Waals surface area (Å²) < 4.78 is 19.5. The third-order valence-corrected chi connectivity index (χ3v) is 6.92. The Morgan fingerprint density at radius 3 is 2.65 bits per heavy atom. The van der Waals surface area contributed by atoms with Crippen LogP contribution in [-0.2, 0) is 6.54 Å². The number of nitrogens with zero attached hydrogens (tertiary/aromatic N) is 3. The van der Waals surface area contributed by atoms with Crippen LogP contribution < -0.4 is 10.2 Å². The van der Waals surface area contributed by atoms with Gasteiger partial charge in [0, 0.05) is 24.8 Å². The smallest absolute Gasteiger partial charge is 0.350 e. The van der Waals surface area contributed by atoms with E-state index in [1.807, 2.05) is 12.1 Å². The number of halogens is 1. The van der Waals surface area contributed by atoms with Crippen molar-refractivity contribution in [3.63, 3.8) is 0 Å². The number of likely N-dealkylation sites (tertiary alicyclic amines) is 1. The third-order valence-electron chi connectivity index (χ3n) is 6.92. The van der Waals surface area contributed by atoms with Gasteiger partial charge < -0.3 is 9.73 Å². The third kappa shape index (κ3) is 3.99. The molecule has 2 amide bonds. The minimum Gasteiger partial charge on any atom is -0.468 e. The molecule has 1 N–H and O–H groups in total. The minimum absolute atomic E-state index is 0.302. The van der Waals surface area contributed by atoms with E-state index in [1.165, 1.54) is 31.4 Å². The number of carbonyl (C=O) groups is 1. The Balaban J connectivity index is 1.41. The number of rotatable bonds is 4. The number of piperidine rings is 1. The Labute approximate surface area is 182 Å². The van der Waals surface area contributed by atoms with Gasteiger partial charge in [-0.2, -0.15) is 4.99 Å². The molecule has 1 aromatic heterocycles. The summed E-state index contributed by atoms with van der Waals surface area (Å²) in [5.74, 6) is 1.37. The number of hydrogen-bond acceptors (Lipinski definition) is 4. The Morgan fingerprint density at radius 2 is 1.94 bits per heavy atom. The van der Waals surface area contributed by atoms with Crippen molar-refractivity contribution in [2.45, 2.75) is 63.1 Å². The first-order valence-electron chi connectivity index (χ1n) is 11.3. The fraction of sp³-hybridized carbons (Fsp3) is 0.500. The topological polar surface area (TPSA) is 61.1 Å². The van der Waals surface area contributed by atoms with Gasteiger partial charge in [-0.1, -0.05) is 25.3 Å². The number of amides is 2. The largest absolute Gasteiger partial charge is 0.468 e. The molecule has 1 aromatic carbocycles. The number of urea groups is 1. The van der Waals surface area contributed by atoms with Crippen molar-refractivity contribution < 1.29 is 13.6 Å². The van der Waals surface area contributed by atoms with E-state index in [4.69, 9.17) is 4.42 Å². The Bertz CT molecular complexity index is 944. The molecule has 0 atom stereocenters. The number of aliphatic imine (C=N–C) groups is 1. The molecule has 7 heteroatoms. The summed E-state index contributed by atoms with van der Waals surface area (Å²) in [5, 5.41) is 3.64. The number of carbonyl (C=O) groups excluding carboxylic acids is 1. The van der Waals surface area contributed by atoms with Crippen molar-refractivity contribution in [1.82, 2.24) is 10.2 Å². The van der Waals surface area contributed by atoms with Crippen molar-refractivity contribution in [1.29, 1.82) is 0 Å². The lowest BCUT2D eigenvalue weighted by Crippen LogP contribution is -2.62. The number of furan rings is 1. The monoisotopic (exact) mass is 424 g/mol. The van der Waals surface area contributed by atoms with Crippen LogP contribution in [0.2, 0.25) is 0 Å². The zero-order valence-electron chi connectivity index (χ0n) is 17.7. The molecule has 6 nitrogen and oxygen atoms in total. The molecule has 1 saturated carbocycles. The first kappa shape index (κ1) is 20.2. The standard InChI is InChI=1S/C24H29FN4O2/c25-18-6-4-9-20(16-18)29-23(30)27-22(26-19-7-2-1-3-8-19)24(29)11-13-28(14-12-24)17-21-10-5-15-31-21/h4-6,9-10,15-16,19H,1-3,7-8,11-14,17H2,(H,26,27,30). The Kier molecular flexibility index (Phi) is 5.52. The van der Waals surface area contributed by atoms with E-state index < -0.39 is 5.54 Å². The van der Waals surface area contributed by atoms with Gasteiger partial charge in [0.15, 0.2) is 0 Å². The number of hydrogen-bond donors (Lipinski definition) is 1. The molecule has 3 heterocycles. The highest BCUT2D eigenvalue weighted by molar-refractivity contribution is 6.16. The van der Waals surface area contributed by atoms with Gasteiger partial charge in [-0.15, -0.1) is 0 Å². The summed E-state index contributed by atoms with van der Waals surface area (Å²) in [6.45, 7) is 2.37. The number of benzene rings is 1. The van der Waals surface area contributed by atoms with Crippen LogP contribution in [0.5, 0.6) is 0 Å². The average Bonchev–Trinajstić information content (AvgIpc) is 3.37. The number of amidine groups is 1. The molecule has 2 aromatic rings. The predicted octanol–water partition coefficient (Wildman–Crippen LogP) is 4.71. The molecule has 31 heavy (non-hydrogen) atoms. The quantitative estimate of drug-likeness (QED) is 0.772. The van der Waals surface area contributed by atoms with Gasteiger partial charge in [0.25, 0.3) is 0 Å². The van der Waals surface area contributed by atoms with Gasteiger partial charge >= 0.3 is 6.03 Å². The second kappa shape index (κ2) is 8.46. The molecule has 2 aliphatic heterocycles. The van der Waals surface area contributed by atoms with Crippen LogP contribution in [-0.4, -0.2) is 41.4 Å². The van der Waals surface area contributed by atoms with Gasteiger partial charge in [0.2, 0.25) is 0 Å². The maximum absolute atomic E-state index is 14.0. The van der Waals surface area contributed by atoms with E-state index in [0.717, 1.165) is 56.9 Å². The summed E-state index contributed by atoms with van der Waals surface area (Å²) in [7, 11) is 0. The molecule has 0 bridgehead atoms. The second-order valence-corrected chi connectivity index (χ2v) is 8.92. The van der Waals surface area contributed by atoms with Gasteiger partial charge in [-0.25, -0.2) is 9.18 Å². The molecule has 0 radical (unpaired) electrons. The number of nitrogens with one attached hydrogen (secondary N) is 1. The van der Waals surface area contributed by atoms with Crippen molar-refractivity contribution in [2.75, 3.05) is 18.0 Å². The molecular weight excluding hydrogens is 395 g/mol. The van der Waals surface area contributed by atoms with Crippen molar-refractivity contribution in [3.05, 3.63) is 54.2 Å². The summed E-state index contributed by atoms with van der Waals surface area (Å²) in [6.07, 6.45) is 9.07. The lowest BCUT2D eigenvalue weighted by Gasteiger charge is -2.45. The van der Waals surface area contributed by atoms with Crippen molar-refractivity contribution >= 4 is 17.6 Å². The molecular formula is C24H29FN4O2. The normalized spacial score (nSPS) is 22.2. The SMILES string of the molecule is O=C1N=C(NC2CCCCC2)C2(CCN(Cc3ccco3)CC2)N1c1cccc(F)c1. The second-order valence-electron chi connectivity index (χ2n) is 8.92. The van der Waals surface area contributed by atoms with Crippen LogP contribution in [0.4, 0.5) is 14.9 Å². The van der Waals surface area contributed by atoms with Crippen LogP contribution in [0, 0.1) is 5.82 Å². The van der Waals surface area contributed by atoms with Crippen molar-refractivity contribution in [2.24, 2.45) is 4.99 Å². The first-order valence-corrected chi connectivity index (χ1v) is 11.3. The highest BCUT2D eigenvalue weighted by atomic mass is 19.1. The molecule has 0 unspecified atom stereocenters. The fourth-order valence-electron chi connectivity index (χ4n) is 5.28. The Morgan fingerprint density at radius 1 is 1.13 bits per heavy atom. The number of anilines is 1. The molecule has 1 aliphatic carbocycles. The maximum atomic E-state index is 14.0. The van der Waals surface area contributed by atoms with Crippen LogP contribution in [0.15, 0.2) is 52.1 Å². The summed E-state index contributed by atoms with van der Waals surface area (Å²) >= 11 is 0. The Hall–Kier alpha value is -2.67. The highest BCUT2D eigenvalue weighted by Gasteiger charge is 2.52. The van der Waals surface area contributed by atoms with Crippen molar-refractivity contribution in [3.8, 4) is 0 Å². The van der Waals surface area contributed by atoms with Crippen LogP contribution in [0.1, 0.15) is 50.7 Å². The molecule has 1 spiro atoms. The summed E-state index contributed by atoms with van der Waals surface area (Å²) in [6, 6.07) is 10.2. The fourth-order valence-corrected chi connectivity index (χ4v) is 5.28. The van der Waals surface area contributed by atoms with E-state index in [1.54, 1.807) is 23.3 Å². The summed E-state index contributed by atoms with van der Waals surface area (Å²) in [5.41, 5.74) is 0.0239. The summed E-state index contributed by atoms with van der Waals surface area (Å²) in [4.78, 5) is 21.6. The van der Waals surface area contributed by atoms with Gasteiger partial charge in [-0.05, 0) is 56.0 Å². The molecule has 3 aliphatic rings. The first-order chi connectivity index (χ1) is 15.1. The molecule has 1 saturated heterocycles. The van der Waals surface area contributed by atoms with Gasteiger partial charge in [0.1, 0.15) is 23.0 Å². The zero-order chi connectivity index (χ0) is 21.3. The lowest BCUT2D eigenvalue weighted by molar-refractivity contribution is 0.171. The maximum Gasteiger partial charge on any atom is 0.350 e. The highest BCUT2D eigenvalue weighted by Crippen LogP contribution is 2.39. The van der Waals surface area contributed by atoms with E-state index in [9.17, 15) is 9.18 Å². The molecule has 164 valence electrons. The van der Waals surface area contributed by atoms with Gasteiger partial charge in [-0.3, -0.25) is 9.80 Å². The van der Waals surface area contributed by atoms with Crippen LogP contribution >= 0.6 is 0 Å². The van der Waals surface area contributed by atoms with E-state index in [-0.39, 0.29) is 11.8 Å². The van der Waals surface area contributed by atoms with Crippen LogP contribution in [0.3, 0.4) is 0 Å². The zero-order valence-corrected chi connectivity index (χ0v) is 17.7. The minimum atomic E-state index is -0.554. The predicted molar refractivity (Wildman–Crippen MR) is 118 cm³/mol. The van der Waals surface area contributed by atoms with Crippen LogP contribution in [0.25, 0.3) is 0 Å². The van der Waals surface area contributed by atoms with E-state index in [0.29, 0.717) is 11.7 Å². The molecule has 2 fully saturated rings. The van der Waals surface area contributed by atoms with E-state index >= 15 is 0 Å². The van der Waals surface area contributed by atoms with E-state index in [2.05, 4.69) is 15.2 Å². The lowest BCUT2D eigenvalue weighted by atomic mass is 9.83.